The average Bonchev–Trinajstić information content (AvgIpc) is 3.57. The molecule has 0 aliphatic carbocycles. The molecule has 2 N–H and O–H groups in total. The molecule has 0 saturated carbocycles. The van der Waals surface area contributed by atoms with Crippen LogP contribution in [0.2, 0.25) is 0 Å². The van der Waals surface area contributed by atoms with Gasteiger partial charge in [-0.1, -0.05) is 42.5 Å². The quantitative estimate of drug-likeness (QED) is 0.302. The number of aryl methyl sites for hydroxylation is 1. The lowest BCUT2D eigenvalue weighted by Gasteiger charge is -2.14. The first-order chi connectivity index (χ1) is 17.9. The Hall–Kier alpha value is -3.85. The van der Waals surface area contributed by atoms with Crippen molar-refractivity contribution in [3.63, 3.8) is 0 Å². The van der Waals surface area contributed by atoms with Gasteiger partial charge in [-0.05, 0) is 49.1 Å². The summed E-state index contributed by atoms with van der Waals surface area (Å²) in [4.78, 5) is 6.09. The molecule has 1 saturated heterocycles. The number of aromatic nitrogens is 5. The van der Waals surface area contributed by atoms with Crippen LogP contribution in [-0.2, 0) is 13.0 Å². The first kappa shape index (κ1) is 23.5. The molecule has 9 heteroatoms. The van der Waals surface area contributed by atoms with Crippen LogP contribution in [0.25, 0.3) is 27.5 Å². The monoisotopic (exact) mass is 501 g/mol. The van der Waals surface area contributed by atoms with Gasteiger partial charge in [0.1, 0.15) is 11.8 Å². The molecule has 190 valence electrons. The number of nitrogen functional groups attached to an aromatic ring is 1. The molecule has 1 aliphatic heterocycles. The number of rotatable bonds is 8. The zero-order valence-corrected chi connectivity index (χ0v) is 20.5. The van der Waals surface area contributed by atoms with Crippen molar-refractivity contribution in [1.82, 2.24) is 29.3 Å². The smallest absolute Gasteiger partial charge is 0.261 e. The Kier molecular flexibility index (Phi) is 6.08. The van der Waals surface area contributed by atoms with E-state index in [4.69, 9.17) is 10.8 Å². The van der Waals surface area contributed by atoms with Crippen molar-refractivity contribution in [1.29, 1.82) is 0 Å². The summed E-state index contributed by atoms with van der Waals surface area (Å²) in [6.45, 7) is 1.74. The molecule has 0 spiro atoms. The maximum atomic E-state index is 13.5. The lowest BCUT2D eigenvalue weighted by atomic mass is 10.0. The minimum absolute atomic E-state index is 0.0370. The third kappa shape index (κ3) is 4.91. The van der Waals surface area contributed by atoms with Gasteiger partial charge in [0.2, 0.25) is 0 Å². The minimum Gasteiger partial charge on any atom is -0.382 e. The third-order valence-electron chi connectivity index (χ3n) is 7.12. The SMILES string of the molecule is Nc1ncnn2c(CCCCN3CCC(F)(F)C3)cc(-c3ccc4cn(Cc5ccccc5)nc4c3)c12. The highest BCUT2D eigenvalue weighted by Gasteiger charge is 2.37. The molecule has 2 aromatic carbocycles. The van der Waals surface area contributed by atoms with E-state index in [0.29, 0.717) is 25.5 Å². The summed E-state index contributed by atoms with van der Waals surface area (Å²) in [7, 11) is 0. The lowest BCUT2D eigenvalue weighted by Crippen LogP contribution is -2.26. The van der Waals surface area contributed by atoms with Crippen molar-refractivity contribution in [2.75, 3.05) is 25.4 Å². The van der Waals surface area contributed by atoms with Gasteiger partial charge in [-0.25, -0.2) is 18.3 Å². The number of alkyl halides is 2. The van der Waals surface area contributed by atoms with Crippen LogP contribution >= 0.6 is 0 Å². The molecule has 3 aromatic heterocycles. The van der Waals surface area contributed by atoms with Crippen LogP contribution in [-0.4, -0.2) is 54.8 Å². The first-order valence-corrected chi connectivity index (χ1v) is 12.7. The van der Waals surface area contributed by atoms with Crippen molar-refractivity contribution in [2.45, 2.75) is 38.2 Å². The molecule has 1 fully saturated rings. The first-order valence-electron chi connectivity index (χ1n) is 12.7. The summed E-state index contributed by atoms with van der Waals surface area (Å²) in [6, 6.07) is 18.6. The lowest BCUT2D eigenvalue weighted by molar-refractivity contribution is 0.0121. The van der Waals surface area contributed by atoms with Gasteiger partial charge >= 0.3 is 0 Å². The molecular formula is C28H29F2N7. The molecule has 7 nitrogen and oxygen atoms in total. The number of halogens is 2. The minimum atomic E-state index is -2.54. The summed E-state index contributed by atoms with van der Waals surface area (Å²) in [5, 5.41) is 10.3. The number of hydrogen-bond acceptors (Lipinski definition) is 5. The molecule has 6 rings (SSSR count). The Morgan fingerprint density at radius 2 is 1.89 bits per heavy atom. The van der Waals surface area contributed by atoms with Gasteiger partial charge in [0, 0.05) is 35.8 Å². The zero-order valence-electron chi connectivity index (χ0n) is 20.5. The fourth-order valence-corrected chi connectivity index (χ4v) is 5.26. The highest BCUT2D eigenvalue weighted by atomic mass is 19.3. The van der Waals surface area contributed by atoms with E-state index < -0.39 is 5.92 Å². The van der Waals surface area contributed by atoms with Crippen LogP contribution in [0.5, 0.6) is 0 Å². The average molecular weight is 502 g/mol. The number of benzene rings is 2. The van der Waals surface area contributed by atoms with Gasteiger partial charge in [-0.2, -0.15) is 10.2 Å². The molecule has 37 heavy (non-hydrogen) atoms. The van der Waals surface area contributed by atoms with E-state index in [2.05, 4.69) is 52.7 Å². The predicted octanol–water partition coefficient (Wildman–Crippen LogP) is 5.04. The Morgan fingerprint density at radius 3 is 2.70 bits per heavy atom. The standard InChI is InChI=1S/C28H29F2N7/c29-28(30)11-13-35(18-28)12-5-4-8-23-15-24(26-27(31)32-19-33-37(23)26)21-9-10-22-17-36(34-25(22)14-21)16-20-6-2-1-3-7-20/h1-3,6-7,9-10,14-15,17,19H,4-5,8,11-13,16,18H2,(H2,31,32,33). The highest BCUT2D eigenvalue weighted by molar-refractivity contribution is 5.92. The highest BCUT2D eigenvalue weighted by Crippen LogP contribution is 2.33. The Labute approximate surface area is 213 Å². The summed E-state index contributed by atoms with van der Waals surface area (Å²) < 4.78 is 30.8. The Balaban J connectivity index is 1.23. The van der Waals surface area contributed by atoms with E-state index >= 15 is 0 Å². The van der Waals surface area contributed by atoms with Gasteiger partial charge in [0.15, 0.2) is 5.82 Å². The molecule has 0 bridgehead atoms. The number of likely N-dealkylation sites (tertiary alicyclic amines) is 1. The maximum Gasteiger partial charge on any atom is 0.261 e. The van der Waals surface area contributed by atoms with Crippen LogP contribution in [0.15, 0.2) is 67.1 Å². The van der Waals surface area contributed by atoms with Crippen molar-refractivity contribution in [3.8, 4) is 11.1 Å². The van der Waals surface area contributed by atoms with E-state index in [1.165, 1.54) is 11.9 Å². The van der Waals surface area contributed by atoms with Gasteiger partial charge in [-0.15, -0.1) is 0 Å². The molecule has 0 unspecified atom stereocenters. The van der Waals surface area contributed by atoms with E-state index in [0.717, 1.165) is 52.5 Å². The molecule has 0 amide bonds. The van der Waals surface area contributed by atoms with Crippen molar-refractivity contribution in [3.05, 3.63) is 78.4 Å². The van der Waals surface area contributed by atoms with Crippen molar-refractivity contribution >= 4 is 22.2 Å². The van der Waals surface area contributed by atoms with Crippen molar-refractivity contribution < 1.29 is 8.78 Å². The zero-order chi connectivity index (χ0) is 25.4. The Bertz CT molecular complexity index is 1540. The largest absolute Gasteiger partial charge is 0.382 e. The van der Waals surface area contributed by atoms with Gasteiger partial charge in [0.05, 0.1) is 18.6 Å². The van der Waals surface area contributed by atoms with Crippen molar-refractivity contribution in [2.24, 2.45) is 0 Å². The summed E-state index contributed by atoms with van der Waals surface area (Å²) in [5.74, 6) is -2.12. The van der Waals surface area contributed by atoms with Crippen LogP contribution in [0.1, 0.15) is 30.5 Å². The second kappa shape index (κ2) is 9.55. The van der Waals surface area contributed by atoms with Crippen LogP contribution in [0.3, 0.4) is 0 Å². The summed E-state index contributed by atoms with van der Waals surface area (Å²) in [6.07, 6.45) is 5.99. The molecule has 0 radical (unpaired) electrons. The van der Waals surface area contributed by atoms with Gasteiger partial charge in [-0.3, -0.25) is 9.58 Å². The number of nitrogens with zero attached hydrogens (tertiary/aromatic N) is 6. The maximum absolute atomic E-state index is 13.5. The third-order valence-corrected chi connectivity index (χ3v) is 7.12. The van der Waals surface area contributed by atoms with Gasteiger partial charge < -0.3 is 5.73 Å². The van der Waals surface area contributed by atoms with E-state index in [1.54, 1.807) is 0 Å². The van der Waals surface area contributed by atoms with Crippen LogP contribution < -0.4 is 5.73 Å². The second-order valence-electron chi connectivity index (χ2n) is 9.88. The molecule has 5 aromatic rings. The van der Waals surface area contributed by atoms with Crippen LogP contribution in [0, 0.1) is 0 Å². The molecule has 0 atom stereocenters. The number of hydrogen-bond donors (Lipinski definition) is 1. The summed E-state index contributed by atoms with van der Waals surface area (Å²) in [5.41, 5.74) is 12.2. The van der Waals surface area contributed by atoms with E-state index in [-0.39, 0.29) is 13.0 Å². The fraction of sp³-hybridized carbons (Fsp3) is 0.321. The number of anilines is 1. The van der Waals surface area contributed by atoms with Crippen LogP contribution in [0.4, 0.5) is 14.6 Å². The number of unbranched alkanes of at least 4 members (excludes halogenated alkanes) is 1. The molecule has 1 aliphatic rings. The number of nitrogens with two attached hydrogens (primary N) is 1. The van der Waals surface area contributed by atoms with Gasteiger partial charge in [0.25, 0.3) is 5.92 Å². The van der Waals surface area contributed by atoms with E-state index in [9.17, 15) is 8.78 Å². The fourth-order valence-electron chi connectivity index (χ4n) is 5.26. The predicted molar refractivity (Wildman–Crippen MR) is 141 cm³/mol. The van der Waals surface area contributed by atoms with E-state index in [1.807, 2.05) is 32.3 Å². The summed E-state index contributed by atoms with van der Waals surface area (Å²) >= 11 is 0. The second-order valence-corrected chi connectivity index (χ2v) is 9.88. The Morgan fingerprint density at radius 1 is 1.03 bits per heavy atom. The topological polar surface area (TPSA) is 77.3 Å². The number of fused-ring (bicyclic) bond motifs is 2. The molecule has 4 heterocycles. The normalized spacial score (nSPS) is 15.7. The molecular weight excluding hydrogens is 472 g/mol.